The third kappa shape index (κ3) is 6.27. The minimum atomic E-state index is -2.24. The molecule has 0 saturated carbocycles. The van der Waals surface area contributed by atoms with Gasteiger partial charge in [0.05, 0.1) is 31.2 Å². The first-order valence-electron chi connectivity index (χ1n) is 11.8. The van der Waals surface area contributed by atoms with Crippen LogP contribution in [0.1, 0.15) is 50.3 Å². The van der Waals surface area contributed by atoms with Crippen LogP contribution in [-0.2, 0) is 25.3 Å². The number of Topliss-reactive ketones (excluding diaryl/α,β-unsaturated/α-hetero) is 1. The lowest BCUT2D eigenvalue weighted by Crippen LogP contribution is -2.70. The zero-order valence-corrected chi connectivity index (χ0v) is 22.8. The van der Waals surface area contributed by atoms with Gasteiger partial charge in [0.15, 0.2) is 14.1 Å². The van der Waals surface area contributed by atoms with Gasteiger partial charge in [0, 0.05) is 12.1 Å². The Morgan fingerprint density at radius 2 is 1.97 bits per heavy atom. The van der Waals surface area contributed by atoms with E-state index in [0.717, 1.165) is 4.90 Å². The number of esters is 1. The molecule has 1 saturated heterocycles. The summed E-state index contributed by atoms with van der Waals surface area (Å²) in [5, 5.41) is 23.9. The van der Waals surface area contributed by atoms with Crippen LogP contribution < -0.4 is 0 Å². The monoisotopic (exact) mass is 509 g/mol. The number of hydrogen-bond donors (Lipinski definition) is 2. The maximum absolute atomic E-state index is 13.1. The molecule has 0 aliphatic carbocycles. The number of ketones is 1. The lowest BCUT2D eigenvalue weighted by molar-refractivity contribution is -0.195. The molecule has 0 bridgehead atoms. The van der Waals surface area contributed by atoms with Crippen LogP contribution in [0, 0.1) is 12.8 Å². The number of nitrogens with zero attached hydrogens (tertiary/aromatic N) is 3. The molecule has 2 rings (SSSR count). The number of likely N-dealkylation sites (tertiary alicyclic amines) is 1. The van der Waals surface area contributed by atoms with Gasteiger partial charge in [0.1, 0.15) is 12.3 Å². The van der Waals surface area contributed by atoms with Crippen molar-refractivity contribution >= 4 is 26.0 Å². The van der Waals surface area contributed by atoms with Crippen LogP contribution in [0.25, 0.3) is 0 Å². The first kappa shape index (κ1) is 28.9. The van der Waals surface area contributed by atoms with E-state index in [1.807, 2.05) is 0 Å². The fraction of sp³-hybridized carbons (Fsp3) is 0.667. The van der Waals surface area contributed by atoms with Crippen molar-refractivity contribution in [3.05, 3.63) is 30.1 Å². The molecule has 1 aromatic rings. The predicted molar refractivity (Wildman–Crippen MR) is 132 cm³/mol. The predicted octanol–water partition coefficient (Wildman–Crippen LogP) is 2.04. The van der Waals surface area contributed by atoms with Crippen LogP contribution in [-0.4, -0.2) is 82.5 Å². The number of aliphatic hydroxyl groups excluding tert-OH is 2. The number of carbonyl (C=O) groups excluding carboxylic acids is 3. The Kier molecular flexibility index (Phi) is 9.20. The van der Waals surface area contributed by atoms with E-state index >= 15 is 0 Å². The van der Waals surface area contributed by atoms with Crippen LogP contribution in [0.15, 0.2) is 18.7 Å². The van der Waals surface area contributed by atoms with E-state index in [9.17, 15) is 24.6 Å². The van der Waals surface area contributed by atoms with Gasteiger partial charge in [-0.3, -0.25) is 14.3 Å². The maximum atomic E-state index is 13.1. The first-order valence-corrected chi connectivity index (χ1v) is 14.7. The van der Waals surface area contributed by atoms with Gasteiger partial charge in [-0.2, -0.15) is 5.10 Å². The quantitative estimate of drug-likeness (QED) is 0.144. The third-order valence-corrected chi connectivity index (χ3v) is 11.5. The molecule has 1 aliphatic heterocycles. The zero-order chi connectivity index (χ0) is 26.7. The van der Waals surface area contributed by atoms with Gasteiger partial charge in [-0.25, -0.2) is 4.79 Å². The SMILES string of the molecule is C=CCOC(=O)C(O)N1C(=O)[C@H]([C@@H](C)O[Si](C)(C)C(C)(C)C)[C@H]1CC(=O)c1cc(C)n(CCO)n1. The van der Waals surface area contributed by atoms with Crippen LogP contribution >= 0.6 is 0 Å². The Morgan fingerprint density at radius 3 is 2.51 bits per heavy atom. The summed E-state index contributed by atoms with van der Waals surface area (Å²) in [6.45, 7) is 17.5. The number of β-lactam (4-membered cyclic amide) rings is 1. The molecular formula is C24H39N3O7Si. The van der Waals surface area contributed by atoms with Gasteiger partial charge in [0.2, 0.25) is 12.1 Å². The standard InChI is InChI=1S/C24H39N3O7Si/c1-9-12-33-23(32)22(31)27-18(14-19(29)17-13-15(2)26(25-17)10-11-28)20(21(27)30)16(3)34-35(7,8)24(4,5)6/h9,13,16,18,20,22,28,31H,1,10-12,14H2,2-8H3/t16-,18-,20-,22?/m1/s1. The van der Waals surface area contributed by atoms with Crippen LogP contribution in [0.5, 0.6) is 0 Å². The van der Waals surface area contributed by atoms with E-state index in [1.165, 1.54) is 10.8 Å². The molecule has 1 amide bonds. The van der Waals surface area contributed by atoms with E-state index < -0.39 is 44.5 Å². The Morgan fingerprint density at radius 1 is 1.34 bits per heavy atom. The number of rotatable bonds is 12. The molecular weight excluding hydrogens is 470 g/mol. The number of aryl methyl sites for hydroxylation is 1. The maximum Gasteiger partial charge on any atom is 0.356 e. The van der Waals surface area contributed by atoms with Crippen molar-refractivity contribution < 1.29 is 33.8 Å². The summed E-state index contributed by atoms with van der Waals surface area (Å²) in [6, 6.07) is 0.840. The molecule has 2 N–H and O–H groups in total. The molecule has 1 aliphatic rings. The van der Waals surface area contributed by atoms with Gasteiger partial charge in [0.25, 0.3) is 0 Å². The van der Waals surface area contributed by atoms with E-state index in [1.54, 1.807) is 19.9 Å². The summed E-state index contributed by atoms with van der Waals surface area (Å²) in [7, 11) is -2.24. The lowest BCUT2D eigenvalue weighted by Gasteiger charge is -2.52. The third-order valence-electron chi connectivity index (χ3n) is 6.89. The Balaban J connectivity index is 2.31. The van der Waals surface area contributed by atoms with Crippen molar-refractivity contribution in [2.75, 3.05) is 13.2 Å². The van der Waals surface area contributed by atoms with Crippen LogP contribution in [0.3, 0.4) is 0 Å². The van der Waals surface area contributed by atoms with Crippen LogP contribution in [0.2, 0.25) is 18.1 Å². The average molecular weight is 510 g/mol. The summed E-state index contributed by atoms with van der Waals surface area (Å²) in [5.41, 5.74) is 0.902. The van der Waals surface area contributed by atoms with Crippen molar-refractivity contribution in [3.63, 3.8) is 0 Å². The molecule has 0 spiro atoms. The minimum Gasteiger partial charge on any atom is -0.458 e. The van der Waals surface area contributed by atoms with E-state index in [-0.39, 0.29) is 42.7 Å². The molecule has 2 heterocycles. The average Bonchev–Trinajstić information content (AvgIpc) is 3.11. The zero-order valence-electron chi connectivity index (χ0n) is 21.8. The van der Waals surface area contributed by atoms with Crippen molar-refractivity contribution in [2.45, 2.75) is 84.1 Å². The fourth-order valence-corrected chi connectivity index (χ4v) is 5.37. The summed E-state index contributed by atoms with van der Waals surface area (Å²) in [4.78, 5) is 39.5. The highest BCUT2D eigenvalue weighted by Crippen LogP contribution is 2.41. The van der Waals surface area contributed by atoms with E-state index in [4.69, 9.17) is 9.16 Å². The molecule has 0 aromatic carbocycles. The van der Waals surface area contributed by atoms with Crippen molar-refractivity contribution in [3.8, 4) is 0 Å². The molecule has 4 atom stereocenters. The summed E-state index contributed by atoms with van der Waals surface area (Å²) in [5.74, 6) is -2.52. The molecule has 0 radical (unpaired) electrons. The summed E-state index contributed by atoms with van der Waals surface area (Å²) in [6.07, 6.45) is -1.16. The van der Waals surface area contributed by atoms with Gasteiger partial charge in [-0.1, -0.05) is 33.4 Å². The van der Waals surface area contributed by atoms with Crippen molar-refractivity contribution in [2.24, 2.45) is 5.92 Å². The molecule has 10 nitrogen and oxygen atoms in total. The number of amides is 1. The minimum absolute atomic E-state index is 0.0931. The first-order chi connectivity index (χ1) is 16.2. The van der Waals surface area contributed by atoms with Gasteiger partial charge in [-0.05, 0) is 38.0 Å². The second-order valence-corrected chi connectivity index (χ2v) is 15.2. The lowest BCUT2D eigenvalue weighted by atomic mass is 9.80. The number of hydrogen-bond acceptors (Lipinski definition) is 8. The normalized spacial score (nSPS) is 20.3. The van der Waals surface area contributed by atoms with Crippen molar-refractivity contribution in [1.29, 1.82) is 0 Å². The van der Waals surface area contributed by atoms with Gasteiger partial charge < -0.3 is 24.3 Å². The topological polar surface area (TPSA) is 131 Å². The molecule has 1 aromatic heterocycles. The van der Waals surface area contributed by atoms with Gasteiger partial charge in [-0.15, -0.1) is 0 Å². The largest absolute Gasteiger partial charge is 0.458 e. The number of aromatic nitrogens is 2. The van der Waals surface area contributed by atoms with E-state index in [2.05, 4.69) is 45.5 Å². The number of ether oxygens (including phenoxy) is 1. The Hall–Kier alpha value is -2.34. The fourth-order valence-electron chi connectivity index (χ4n) is 3.94. The molecule has 1 unspecified atom stereocenters. The molecule has 1 fully saturated rings. The Bertz CT molecular complexity index is 953. The second-order valence-electron chi connectivity index (χ2n) is 10.5. The molecule has 35 heavy (non-hydrogen) atoms. The molecule has 196 valence electrons. The highest BCUT2D eigenvalue weighted by Gasteiger charge is 2.56. The van der Waals surface area contributed by atoms with Gasteiger partial charge >= 0.3 is 5.97 Å². The highest BCUT2D eigenvalue weighted by atomic mass is 28.4. The highest BCUT2D eigenvalue weighted by molar-refractivity contribution is 6.74. The number of carbonyl (C=O) groups is 3. The second kappa shape index (κ2) is 11.1. The van der Waals surface area contributed by atoms with E-state index in [0.29, 0.717) is 5.69 Å². The van der Waals surface area contributed by atoms with Crippen molar-refractivity contribution in [1.82, 2.24) is 14.7 Å². The summed E-state index contributed by atoms with van der Waals surface area (Å²) >= 11 is 0. The summed E-state index contributed by atoms with van der Waals surface area (Å²) < 4.78 is 12.9. The number of aliphatic hydroxyl groups is 2. The smallest absolute Gasteiger partial charge is 0.356 e. The Labute approximate surface area is 208 Å². The van der Waals surface area contributed by atoms with Crippen LogP contribution in [0.4, 0.5) is 0 Å². The molecule has 11 heteroatoms.